The molecule has 0 aliphatic rings. The molecule has 0 saturated heterocycles. The van der Waals surface area contributed by atoms with Gasteiger partial charge < -0.3 is 4.74 Å². The van der Waals surface area contributed by atoms with Crippen molar-refractivity contribution in [3.8, 4) is 17.4 Å². The van der Waals surface area contributed by atoms with Crippen molar-refractivity contribution < 1.29 is 4.74 Å². The maximum atomic E-state index is 6.06. The Morgan fingerprint density at radius 1 is 1.35 bits per heavy atom. The van der Waals surface area contributed by atoms with Crippen molar-refractivity contribution >= 4 is 23.8 Å². The average Bonchev–Trinajstić information content (AvgIpc) is 2.32. The molecule has 17 heavy (non-hydrogen) atoms. The Kier molecular flexibility index (Phi) is 3.40. The summed E-state index contributed by atoms with van der Waals surface area (Å²) in [6.07, 6.45) is 0. The first-order chi connectivity index (χ1) is 8.10. The summed E-state index contributed by atoms with van der Waals surface area (Å²) in [5.74, 6) is 0.587. The van der Waals surface area contributed by atoms with Gasteiger partial charge in [-0.2, -0.15) is 4.98 Å². The number of hydrogen-bond donors (Lipinski definition) is 1. The van der Waals surface area contributed by atoms with Gasteiger partial charge in [-0.25, -0.2) is 4.98 Å². The third-order valence-corrected chi connectivity index (χ3v) is 2.86. The van der Waals surface area contributed by atoms with Gasteiger partial charge in [0.05, 0.1) is 7.11 Å². The van der Waals surface area contributed by atoms with E-state index in [2.05, 4.69) is 15.0 Å². The zero-order valence-corrected chi connectivity index (χ0v) is 10.9. The molecule has 4 nitrogen and oxygen atoms in total. The quantitative estimate of drug-likeness (QED) is 0.849. The van der Waals surface area contributed by atoms with E-state index < -0.39 is 0 Å². The number of benzene rings is 1. The fraction of sp³-hybridized carbons (Fsp3) is 0.182. The van der Waals surface area contributed by atoms with Crippen molar-refractivity contribution in [2.45, 2.75) is 6.92 Å². The second kappa shape index (κ2) is 4.81. The van der Waals surface area contributed by atoms with E-state index in [-0.39, 0.29) is 4.77 Å². The summed E-state index contributed by atoms with van der Waals surface area (Å²) in [5, 5.41) is 0.680. The van der Waals surface area contributed by atoms with E-state index in [0.717, 1.165) is 11.1 Å². The molecule has 0 unspecified atom stereocenters. The number of hydrogen-bond acceptors (Lipinski definition) is 4. The molecule has 1 aromatic heterocycles. The Bertz CT molecular complexity index is 612. The van der Waals surface area contributed by atoms with Gasteiger partial charge in [0, 0.05) is 10.6 Å². The van der Waals surface area contributed by atoms with Crippen LogP contribution in [0, 0.1) is 11.7 Å². The molecule has 0 aliphatic carbocycles. The number of methoxy groups -OCH3 is 1. The smallest absolute Gasteiger partial charge is 0.297 e. The van der Waals surface area contributed by atoms with E-state index in [1.54, 1.807) is 0 Å². The summed E-state index contributed by atoms with van der Waals surface area (Å²) in [4.78, 5) is 11.0. The third kappa shape index (κ3) is 2.62. The maximum Gasteiger partial charge on any atom is 0.297 e. The van der Waals surface area contributed by atoms with Crippen molar-refractivity contribution in [2.75, 3.05) is 7.11 Å². The molecule has 88 valence electrons. The van der Waals surface area contributed by atoms with Gasteiger partial charge in [0.25, 0.3) is 6.01 Å². The first kappa shape index (κ1) is 12.0. The minimum atomic E-state index is 0.229. The average molecular weight is 268 g/mol. The highest BCUT2D eigenvalue weighted by Gasteiger charge is 2.05. The van der Waals surface area contributed by atoms with Crippen LogP contribution in [0.5, 0.6) is 6.01 Å². The van der Waals surface area contributed by atoms with Crippen molar-refractivity contribution in [3.63, 3.8) is 0 Å². The Morgan fingerprint density at radius 3 is 2.76 bits per heavy atom. The van der Waals surface area contributed by atoms with Gasteiger partial charge in [-0.3, -0.25) is 4.98 Å². The van der Waals surface area contributed by atoms with Crippen molar-refractivity contribution in [2.24, 2.45) is 0 Å². The molecule has 0 bridgehead atoms. The van der Waals surface area contributed by atoms with Crippen LogP contribution in [0.1, 0.15) is 5.56 Å². The summed E-state index contributed by atoms with van der Waals surface area (Å²) in [6.45, 7) is 1.94. The van der Waals surface area contributed by atoms with Gasteiger partial charge in [-0.05, 0) is 30.8 Å². The standard InChI is InChI=1S/C11H10ClN3OS/c1-6-3-4-7(5-8(6)12)9-13-10(16-2)15-11(17)14-9/h3-5H,1-2H3,(H,13,14,15,17). The van der Waals surface area contributed by atoms with Gasteiger partial charge in [0.2, 0.25) is 4.77 Å². The highest BCUT2D eigenvalue weighted by Crippen LogP contribution is 2.23. The molecule has 1 N–H and O–H groups in total. The van der Waals surface area contributed by atoms with Gasteiger partial charge >= 0.3 is 0 Å². The molecule has 0 amide bonds. The van der Waals surface area contributed by atoms with Crippen LogP contribution in [0.25, 0.3) is 11.4 Å². The number of aromatic amines is 1. The number of nitrogens with zero attached hydrogens (tertiary/aromatic N) is 2. The minimum absolute atomic E-state index is 0.229. The van der Waals surface area contributed by atoms with E-state index in [1.165, 1.54) is 7.11 Å². The van der Waals surface area contributed by atoms with Crippen LogP contribution >= 0.6 is 23.8 Å². The number of H-pyrrole nitrogens is 1. The lowest BCUT2D eigenvalue weighted by Crippen LogP contribution is -1.97. The van der Waals surface area contributed by atoms with E-state index in [9.17, 15) is 0 Å². The maximum absolute atomic E-state index is 6.06. The number of rotatable bonds is 2. The van der Waals surface area contributed by atoms with Gasteiger partial charge in [-0.15, -0.1) is 0 Å². The number of nitrogens with one attached hydrogen (secondary N) is 1. The second-order valence-corrected chi connectivity index (χ2v) is 4.23. The first-order valence-electron chi connectivity index (χ1n) is 4.89. The number of ether oxygens (including phenoxy) is 1. The molecule has 2 aromatic rings. The van der Waals surface area contributed by atoms with E-state index in [4.69, 9.17) is 28.6 Å². The normalized spacial score (nSPS) is 10.3. The zero-order valence-electron chi connectivity index (χ0n) is 9.32. The monoisotopic (exact) mass is 267 g/mol. The highest BCUT2D eigenvalue weighted by atomic mass is 35.5. The summed E-state index contributed by atoms with van der Waals surface area (Å²) < 4.78 is 5.23. The fourth-order valence-corrected chi connectivity index (χ4v) is 1.69. The predicted molar refractivity (Wildman–Crippen MR) is 69.0 cm³/mol. The highest BCUT2D eigenvalue weighted by molar-refractivity contribution is 7.71. The summed E-state index contributed by atoms with van der Waals surface area (Å²) >= 11 is 11.0. The lowest BCUT2D eigenvalue weighted by molar-refractivity contribution is 0.378. The molecule has 0 saturated carbocycles. The molecule has 2 rings (SSSR count). The Hall–Kier alpha value is -1.46. The molecule has 0 fully saturated rings. The first-order valence-corrected chi connectivity index (χ1v) is 5.67. The van der Waals surface area contributed by atoms with Crippen molar-refractivity contribution in [1.82, 2.24) is 15.0 Å². The van der Waals surface area contributed by atoms with Gasteiger partial charge in [0.1, 0.15) is 5.82 Å². The van der Waals surface area contributed by atoms with E-state index >= 15 is 0 Å². The largest absolute Gasteiger partial charge is 0.468 e. The Morgan fingerprint density at radius 2 is 2.12 bits per heavy atom. The molecule has 0 spiro atoms. The lowest BCUT2D eigenvalue weighted by Gasteiger charge is -2.05. The lowest BCUT2D eigenvalue weighted by atomic mass is 10.1. The second-order valence-electron chi connectivity index (χ2n) is 3.45. The van der Waals surface area contributed by atoms with Crippen molar-refractivity contribution in [1.29, 1.82) is 0 Å². The molecular formula is C11H10ClN3OS. The number of aromatic nitrogens is 3. The van der Waals surface area contributed by atoms with Gasteiger partial charge in [-0.1, -0.05) is 23.7 Å². The van der Waals surface area contributed by atoms with E-state index in [1.807, 2.05) is 25.1 Å². The van der Waals surface area contributed by atoms with Crippen LogP contribution in [0.2, 0.25) is 5.02 Å². The topological polar surface area (TPSA) is 50.8 Å². The van der Waals surface area contributed by atoms with Crippen LogP contribution in [-0.2, 0) is 0 Å². The number of halogens is 1. The Labute approximate surface area is 109 Å². The summed E-state index contributed by atoms with van der Waals surface area (Å²) in [6, 6.07) is 5.98. The Balaban J connectivity index is 2.55. The molecule has 6 heteroatoms. The fourth-order valence-electron chi connectivity index (χ4n) is 1.34. The minimum Gasteiger partial charge on any atom is -0.468 e. The van der Waals surface area contributed by atoms with Crippen molar-refractivity contribution in [3.05, 3.63) is 33.6 Å². The molecule has 1 aromatic carbocycles. The summed E-state index contributed by atoms with van der Waals surface area (Å²) in [5.41, 5.74) is 1.85. The van der Waals surface area contributed by atoms with Gasteiger partial charge in [0.15, 0.2) is 0 Å². The molecule has 1 heterocycles. The molecule has 0 radical (unpaired) electrons. The predicted octanol–water partition coefficient (Wildman–Crippen LogP) is 3.17. The SMILES string of the molecule is COc1nc(=S)nc(-c2ccc(C)c(Cl)c2)[nH]1. The molecule has 0 aliphatic heterocycles. The van der Waals surface area contributed by atoms with Crippen LogP contribution in [0.3, 0.4) is 0 Å². The van der Waals surface area contributed by atoms with Crippen LogP contribution in [0.15, 0.2) is 18.2 Å². The van der Waals surface area contributed by atoms with Crippen LogP contribution in [-0.4, -0.2) is 22.1 Å². The van der Waals surface area contributed by atoms with E-state index in [0.29, 0.717) is 16.9 Å². The van der Waals surface area contributed by atoms with Crippen LogP contribution < -0.4 is 4.74 Å². The zero-order chi connectivity index (χ0) is 12.4. The molecule has 0 atom stereocenters. The molecular weight excluding hydrogens is 258 g/mol. The summed E-state index contributed by atoms with van der Waals surface area (Å²) in [7, 11) is 1.51. The number of aryl methyl sites for hydroxylation is 1. The van der Waals surface area contributed by atoms with Crippen LogP contribution in [0.4, 0.5) is 0 Å². The third-order valence-electron chi connectivity index (χ3n) is 2.27.